The van der Waals surface area contributed by atoms with Crippen molar-refractivity contribution in [2.75, 3.05) is 13.7 Å². The molecule has 1 aliphatic rings. The number of aryl methyl sites for hydroxylation is 1. The third-order valence-corrected chi connectivity index (χ3v) is 4.94. The number of hydrogen-bond acceptors (Lipinski definition) is 6. The van der Waals surface area contributed by atoms with Crippen molar-refractivity contribution in [3.8, 4) is 28.4 Å². The maximum absolute atomic E-state index is 5.88. The highest BCUT2D eigenvalue weighted by atomic mass is 16.6. The summed E-state index contributed by atoms with van der Waals surface area (Å²) in [6.07, 6.45) is 7.43. The van der Waals surface area contributed by atoms with Gasteiger partial charge in [-0.05, 0) is 30.7 Å². The summed E-state index contributed by atoms with van der Waals surface area (Å²) in [7, 11) is 3.53. The first-order chi connectivity index (χ1) is 14.1. The number of rotatable bonds is 4. The van der Waals surface area contributed by atoms with Crippen molar-refractivity contribution in [1.29, 1.82) is 0 Å². The third-order valence-electron chi connectivity index (χ3n) is 4.94. The minimum Gasteiger partial charge on any atom is -0.493 e. The van der Waals surface area contributed by atoms with Gasteiger partial charge >= 0.3 is 0 Å². The van der Waals surface area contributed by atoms with Crippen LogP contribution in [0.25, 0.3) is 22.3 Å². The monoisotopic (exact) mass is 391 g/mol. The Morgan fingerprint density at radius 2 is 2.07 bits per heavy atom. The highest BCUT2D eigenvalue weighted by molar-refractivity contribution is 5.77. The smallest absolute Gasteiger partial charge is 0.203 e. The molecule has 1 aliphatic heterocycles. The van der Waals surface area contributed by atoms with Crippen molar-refractivity contribution < 1.29 is 14.2 Å². The van der Waals surface area contributed by atoms with Crippen LogP contribution < -0.4 is 14.2 Å². The fourth-order valence-corrected chi connectivity index (χ4v) is 3.53. The Morgan fingerprint density at radius 1 is 1.17 bits per heavy atom. The summed E-state index contributed by atoms with van der Waals surface area (Å²) in [5.41, 5.74) is 4.69. The Hall–Kier alpha value is -3.55. The van der Waals surface area contributed by atoms with Crippen LogP contribution in [0.5, 0.6) is 17.2 Å². The number of aromatic nitrogens is 5. The van der Waals surface area contributed by atoms with E-state index < -0.39 is 0 Å². The number of fused-ring (bicyclic) bond motifs is 2. The third kappa shape index (κ3) is 3.16. The average Bonchev–Trinajstić information content (AvgIpc) is 3.33. The normalized spacial score (nSPS) is 15.6. The molecule has 4 aromatic rings. The van der Waals surface area contributed by atoms with E-state index in [2.05, 4.69) is 15.1 Å². The SMILES string of the molecule is COc1cc(Cn2cnc3cc(-c4cnn(C)c4)cnc32)cc2c1OC(C)CO2. The molecule has 0 saturated carbocycles. The average molecular weight is 391 g/mol. The molecular formula is C21H21N5O3. The van der Waals surface area contributed by atoms with E-state index >= 15 is 0 Å². The van der Waals surface area contributed by atoms with Gasteiger partial charge in [-0.2, -0.15) is 5.10 Å². The zero-order valence-electron chi connectivity index (χ0n) is 16.5. The van der Waals surface area contributed by atoms with E-state index in [4.69, 9.17) is 14.2 Å². The van der Waals surface area contributed by atoms with E-state index in [0.717, 1.165) is 27.9 Å². The molecule has 0 aliphatic carbocycles. The number of hydrogen-bond donors (Lipinski definition) is 0. The molecule has 0 N–H and O–H groups in total. The molecule has 8 nitrogen and oxygen atoms in total. The maximum atomic E-state index is 5.88. The molecule has 0 spiro atoms. The van der Waals surface area contributed by atoms with Crippen LogP contribution >= 0.6 is 0 Å². The van der Waals surface area contributed by atoms with E-state index in [1.54, 1.807) is 18.1 Å². The van der Waals surface area contributed by atoms with Crippen LogP contribution in [-0.2, 0) is 13.6 Å². The van der Waals surface area contributed by atoms with Gasteiger partial charge < -0.3 is 18.8 Å². The molecule has 0 amide bonds. The second-order valence-electron chi connectivity index (χ2n) is 7.21. The molecule has 8 heteroatoms. The van der Waals surface area contributed by atoms with Gasteiger partial charge in [0.25, 0.3) is 0 Å². The van der Waals surface area contributed by atoms with Crippen molar-refractivity contribution >= 4 is 11.2 Å². The van der Waals surface area contributed by atoms with E-state index in [1.807, 2.05) is 55.3 Å². The van der Waals surface area contributed by atoms with Gasteiger partial charge in [0.2, 0.25) is 5.75 Å². The van der Waals surface area contributed by atoms with E-state index in [9.17, 15) is 0 Å². The van der Waals surface area contributed by atoms with Gasteiger partial charge in [0.05, 0.1) is 26.2 Å². The summed E-state index contributed by atoms with van der Waals surface area (Å²) in [4.78, 5) is 9.17. The van der Waals surface area contributed by atoms with Gasteiger partial charge in [0, 0.05) is 30.6 Å². The van der Waals surface area contributed by atoms with Crippen LogP contribution in [0.2, 0.25) is 0 Å². The minimum absolute atomic E-state index is 0.00180. The minimum atomic E-state index is -0.00180. The number of ether oxygens (including phenoxy) is 3. The van der Waals surface area contributed by atoms with Crippen molar-refractivity contribution in [2.24, 2.45) is 7.05 Å². The molecule has 4 heterocycles. The van der Waals surface area contributed by atoms with Crippen LogP contribution in [0.4, 0.5) is 0 Å². The van der Waals surface area contributed by atoms with E-state index in [0.29, 0.717) is 30.4 Å². The van der Waals surface area contributed by atoms with Crippen LogP contribution in [0, 0.1) is 0 Å². The molecule has 0 fully saturated rings. The quantitative estimate of drug-likeness (QED) is 0.532. The van der Waals surface area contributed by atoms with Crippen LogP contribution in [0.1, 0.15) is 12.5 Å². The summed E-state index contributed by atoms with van der Waals surface area (Å²) in [5.74, 6) is 2.03. The lowest BCUT2D eigenvalue weighted by Gasteiger charge is -2.26. The number of methoxy groups -OCH3 is 1. The summed E-state index contributed by atoms with van der Waals surface area (Å²) in [6, 6.07) is 5.98. The van der Waals surface area contributed by atoms with Crippen LogP contribution in [0.3, 0.4) is 0 Å². The first-order valence-corrected chi connectivity index (χ1v) is 9.41. The summed E-state index contributed by atoms with van der Waals surface area (Å²) in [5, 5.41) is 4.22. The number of imidazole rings is 1. The van der Waals surface area contributed by atoms with Gasteiger partial charge in [-0.15, -0.1) is 0 Å². The van der Waals surface area contributed by atoms with E-state index in [1.165, 1.54) is 0 Å². The van der Waals surface area contributed by atoms with E-state index in [-0.39, 0.29) is 6.10 Å². The second-order valence-corrected chi connectivity index (χ2v) is 7.21. The number of pyridine rings is 1. The zero-order valence-corrected chi connectivity index (χ0v) is 16.5. The van der Waals surface area contributed by atoms with Crippen LogP contribution in [0.15, 0.2) is 43.1 Å². The molecule has 0 radical (unpaired) electrons. The largest absolute Gasteiger partial charge is 0.493 e. The summed E-state index contributed by atoms with van der Waals surface area (Å²) < 4.78 is 21.0. The lowest BCUT2D eigenvalue weighted by atomic mass is 10.1. The van der Waals surface area contributed by atoms with Gasteiger partial charge in [-0.1, -0.05) is 0 Å². The first-order valence-electron chi connectivity index (χ1n) is 9.41. The van der Waals surface area contributed by atoms with Crippen LogP contribution in [-0.4, -0.2) is 44.1 Å². The fraction of sp³-hybridized carbons (Fsp3) is 0.286. The summed E-state index contributed by atoms with van der Waals surface area (Å²) >= 11 is 0. The van der Waals surface area contributed by atoms with Crippen molar-refractivity contribution in [1.82, 2.24) is 24.3 Å². The summed E-state index contributed by atoms with van der Waals surface area (Å²) in [6.45, 7) is 3.09. The van der Waals surface area contributed by atoms with Gasteiger partial charge in [-0.3, -0.25) is 4.68 Å². The van der Waals surface area contributed by atoms with Crippen molar-refractivity contribution in [2.45, 2.75) is 19.6 Å². The lowest BCUT2D eigenvalue weighted by Crippen LogP contribution is -2.26. The van der Waals surface area contributed by atoms with Gasteiger partial charge in [0.15, 0.2) is 17.1 Å². The first kappa shape index (κ1) is 17.5. The molecular weight excluding hydrogens is 370 g/mol. The van der Waals surface area contributed by atoms with Crippen molar-refractivity contribution in [3.63, 3.8) is 0 Å². The second kappa shape index (κ2) is 6.80. The Bertz CT molecular complexity index is 1180. The predicted octanol–water partition coefficient (Wildman–Crippen LogP) is 3.05. The van der Waals surface area contributed by atoms with Gasteiger partial charge in [0.1, 0.15) is 18.2 Å². The molecule has 0 saturated heterocycles. The Kier molecular flexibility index (Phi) is 4.12. The molecule has 3 aromatic heterocycles. The highest BCUT2D eigenvalue weighted by Crippen LogP contribution is 2.41. The molecule has 1 unspecified atom stereocenters. The lowest BCUT2D eigenvalue weighted by molar-refractivity contribution is 0.0995. The number of benzene rings is 1. The highest BCUT2D eigenvalue weighted by Gasteiger charge is 2.23. The number of nitrogens with zero attached hydrogens (tertiary/aromatic N) is 5. The molecule has 5 rings (SSSR count). The fourth-order valence-electron chi connectivity index (χ4n) is 3.53. The Morgan fingerprint density at radius 3 is 2.86 bits per heavy atom. The molecule has 1 atom stereocenters. The topological polar surface area (TPSA) is 76.2 Å². The molecule has 1 aromatic carbocycles. The Balaban J connectivity index is 1.48. The molecule has 29 heavy (non-hydrogen) atoms. The maximum Gasteiger partial charge on any atom is 0.203 e. The zero-order chi connectivity index (χ0) is 20.0. The van der Waals surface area contributed by atoms with Gasteiger partial charge in [-0.25, -0.2) is 9.97 Å². The molecule has 148 valence electrons. The van der Waals surface area contributed by atoms with Crippen molar-refractivity contribution in [3.05, 3.63) is 48.7 Å². The predicted molar refractivity (Wildman–Crippen MR) is 107 cm³/mol. The standard InChI is InChI=1S/C21H21N5O3/c1-13-11-28-19-5-14(4-18(27-3)20(19)29-13)9-26-12-23-17-6-15(7-22-21(17)26)16-8-24-25(2)10-16/h4-8,10,12-13H,9,11H2,1-3H3. The molecule has 0 bridgehead atoms. The Labute approximate surface area is 167 Å².